The largest absolute Gasteiger partial charge is 0.338 e. The van der Waals surface area contributed by atoms with Crippen LogP contribution in [0.25, 0.3) is 0 Å². The van der Waals surface area contributed by atoms with Crippen LogP contribution < -0.4 is 0 Å². The van der Waals surface area contributed by atoms with Gasteiger partial charge in [0, 0.05) is 25.5 Å². The van der Waals surface area contributed by atoms with Gasteiger partial charge in [-0.1, -0.05) is 39.3 Å². The molecule has 1 heterocycles. The van der Waals surface area contributed by atoms with Crippen molar-refractivity contribution < 1.29 is 4.79 Å². The molecule has 0 radical (unpaired) electrons. The van der Waals surface area contributed by atoms with Crippen LogP contribution in [-0.2, 0) is 0 Å². The molecule has 1 aromatic rings. The maximum Gasteiger partial charge on any atom is 0.255 e. The fourth-order valence-corrected chi connectivity index (χ4v) is 2.04. The fraction of sp³-hybridized carbons (Fsp3) is 0.571. The quantitative estimate of drug-likeness (QED) is 0.819. The Morgan fingerprint density at radius 2 is 1.83 bits per heavy atom. The molecule has 3 nitrogen and oxygen atoms in total. The van der Waals surface area contributed by atoms with Crippen LogP contribution in [-0.4, -0.2) is 28.9 Å². The first-order valence-corrected chi connectivity index (χ1v) is 6.68. The SMILES string of the molecule is CC(C)CN(CC(C)C)C(=O)c1ccncc1Cl. The number of pyridine rings is 1. The highest BCUT2D eigenvalue weighted by Gasteiger charge is 2.19. The number of carbonyl (C=O) groups is 1. The first kappa shape index (κ1) is 15.0. The normalized spacial score (nSPS) is 11.1. The molecule has 1 aromatic heterocycles. The Balaban J connectivity index is 2.91. The van der Waals surface area contributed by atoms with Crippen molar-refractivity contribution in [2.24, 2.45) is 11.8 Å². The lowest BCUT2D eigenvalue weighted by molar-refractivity contribution is 0.0715. The van der Waals surface area contributed by atoms with Crippen LogP contribution in [0.15, 0.2) is 18.5 Å². The van der Waals surface area contributed by atoms with Crippen molar-refractivity contribution in [2.75, 3.05) is 13.1 Å². The molecular weight excluding hydrogens is 248 g/mol. The van der Waals surface area contributed by atoms with Crippen molar-refractivity contribution in [2.45, 2.75) is 27.7 Å². The molecule has 1 amide bonds. The Morgan fingerprint density at radius 3 is 2.28 bits per heavy atom. The fourth-order valence-electron chi connectivity index (χ4n) is 1.84. The van der Waals surface area contributed by atoms with E-state index in [1.54, 1.807) is 12.3 Å². The maximum absolute atomic E-state index is 12.5. The van der Waals surface area contributed by atoms with E-state index in [2.05, 4.69) is 32.7 Å². The predicted octanol–water partition coefficient (Wildman–Crippen LogP) is 3.49. The minimum absolute atomic E-state index is 0.00944. The minimum Gasteiger partial charge on any atom is -0.338 e. The lowest BCUT2D eigenvalue weighted by atomic mass is 10.1. The van der Waals surface area contributed by atoms with E-state index in [0.717, 1.165) is 13.1 Å². The third-order valence-electron chi connectivity index (χ3n) is 2.46. The monoisotopic (exact) mass is 268 g/mol. The predicted molar refractivity (Wildman–Crippen MR) is 74.8 cm³/mol. The second kappa shape index (κ2) is 6.74. The van der Waals surface area contributed by atoms with Gasteiger partial charge >= 0.3 is 0 Å². The van der Waals surface area contributed by atoms with Crippen molar-refractivity contribution in [3.8, 4) is 0 Å². The Kier molecular flexibility index (Phi) is 5.60. The summed E-state index contributed by atoms with van der Waals surface area (Å²) < 4.78 is 0. The smallest absolute Gasteiger partial charge is 0.255 e. The summed E-state index contributed by atoms with van der Waals surface area (Å²) in [6.07, 6.45) is 3.11. The Labute approximate surface area is 114 Å². The standard InChI is InChI=1S/C14H21ClN2O/c1-10(2)8-17(9-11(3)4)14(18)12-5-6-16-7-13(12)15/h5-7,10-11H,8-9H2,1-4H3. The van der Waals surface area contributed by atoms with Crippen molar-refractivity contribution in [3.63, 3.8) is 0 Å². The molecule has 100 valence electrons. The van der Waals surface area contributed by atoms with Gasteiger partial charge in [-0.15, -0.1) is 0 Å². The van der Waals surface area contributed by atoms with E-state index in [0.29, 0.717) is 22.4 Å². The molecule has 0 aliphatic carbocycles. The molecule has 0 saturated heterocycles. The first-order valence-electron chi connectivity index (χ1n) is 6.30. The molecule has 0 aliphatic rings. The maximum atomic E-state index is 12.5. The molecule has 0 atom stereocenters. The van der Waals surface area contributed by atoms with Gasteiger partial charge in [0.2, 0.25) is 0 Å². The van der Waals surface area contributed by atoms with Crippen LogP contribution >= 0.6 is 11.6 Å². The summed E-state index contributed by atoms with van der Waals surface area (Å²) in [5, 5.41) is 0.417. The number of rotatable bonds is 5. The third-order valence-corrected chi connectivity index (χ3v) is 2.76. The summed E-state index contributed by atoms with van der Waals surface area (Å²) in [6.45, 7) is 9.92. The molecule has 0 bridgehead atoms. The van der Waals surface area contributed by atoms with Crippen molar-refractivity contribution >= 4 is 17.5 Å². The summed E-state index contributed by atoms with van der Waals surface area (Å²) in [5.41, 5.74) is 0.535. The summed E-state index contributed by atoms with van der Waals surface area (Å²) >= 11 is 6.03. The third kappa shape index (κ3) is 4.30. The van der Waals surface area contributed by atoms with Crippen molar-refractivity contribution in [1.29, 1.82) is 0 Å². The van der Waals surface area contributed by atoms with E-state index in [1.165, 1.54) is 6.20 Å². The number of nitrogens with zero attached hydrogens (tertiary/aromatic N) is 2. The molecule has 4 heteroatoms. The Bertz CT molecular complexity index is 395. The van der Waals surface area contributed by atoms with Crippen LogP contribution in [0.2, 0.25) is 5.02 Å². The van der Waals surface area contributed by atoms with Crippen LogP contribution in [0.5, 0.6) is 0 Å². The number of halogens is 1. The number of aromatic nitrogens is 1. The average Bonchev–Trinajstić information content (AvgIpc) is 2.26. The van der Waals surface area contributed by atoms with Crippen LogP contribution in [0.3, 0.4) is 0 Å². The molecule has 18 heavy (non-hydrogen) atoms. The summed E-state index contributed by atoms with van der Waals surface area (Å²) in [4.78, 5) is 18.2. The summed E-state index contributed by atoms with van der Waals surface area (Å²) in [7, 11) is 0. The zero-order chi connectivity index (χ0) is 13.7. The van der Waals surface area contributed by atoms with Gasteiger partial charge in [0.25, 0.3) is 5.91 Å². The molecule has 1 rings (SSSR count). The van der Waals surface area contributed by atoms with E-state index in [-0.39, 0.29) is 5.91 Å². The van der Waals surface area contributed by atoms with Gasteiger partial charge in [-0.25, -0.2) is 0 Å². The highest BCUT2D eigenvalue weighted by molar-refractivity contribution is 6.33. The van der Waals surface area contributed by atoms with Gasteiger partial charge in [0.1, 0.15) is 0 Å². The van der Waals surface area contributed by atoms with E-state index in [4.69, 9.17) is 11.6 Å². The zero-order valence-corrected chi connectivity index (χ0v) is 12.2. The van der Waals surface area contributed by atoms with Crippen LogP contribution in [0.4, 0.5) is 0 Å². The zero-order valence-electron chi connectivity index (χ0n) is 11.5. The number of carbonyl (C=O) groups excluding carboxylic acids is 1. The Morgan fingerprint density at radius 1 is 1.28 bits per heavy atom. The van der Waals surface area contributed by atoms with Crippen molar-refractivity contribution in [3.05, 3.63) is 29.0 Å². The van der Waals surface area contributed by atoms with Gasteiger partial charge < -0.3 is 4.90 Å². The molecule has 0 spiro atoms. The number of hydrogen-bond acceptors (Lipinski definition) is 2. The lowest BCUT2D eigenvalue weighted by Crippen LogP contribution is -2.37. The summed E-state index contributed by atoms with van der Waals surface area (Å²) in [6, 6.07) is 1.68. The summed E-state index contributed by atoms with van der Waals surface area (Å²) in [5.74, 6) is 0.867. The lowest BCUT2D eigenvalue weighted by Gasteiger charge is -2.26. The minimum atomic E-state index is -0.00944. The molecule has 0 unspecified atom stereocenters. The van der Waals surface area contributed by atoms with Gasteiger partial charge in [-0.05, 0) is 17.9 Å². The molecule has 0 aliphatic heterocycles. The number of amides is 1. The van der Waals surface area contributed by atoms with Gasteiger partial charge in [0.05, 0.1) is 10.6 Å². The van der Waals surface area contributed by atoms with E-state index in [9.17, 15) is 4.79 Å². The Hall–Kier alpha value is -1.09. The van der Waals surface area contributed by atoms with Crippen LogP contribution in [0, 0.1) is 11.8 Å². The first-order chi connectivity index (χ1) is 8.41. The van der Waals surface area contributed by atoms with E-state index in [1.807, 2.05) is 4.90 Å². The molecule has 0 N–H and O–H groups in total. The van der Waals surface area contributed by atoms with Crippen LogP contribution in [0.1, 0.15) is 38.1 Å². The topological polar surface area (TPSA) is 33.2 Å². The second-order valence-corrected chi connectivity index (χ2v) is 5.76. The number of hydrogen-bond donors (Lipinski definition) is 0. The molecule has 0 aromatic carbocycles. The average molecular weight is 269 g/mol. The van der Waals surface area contributed by atoms with Gasteiger partial charge in [-0.3, -0.25) is 9.78 Å². The molecular formula is C14H21ClN2O. The molecule has 0 fully saturated rings. The highest BCUT2D eigenvalue weighted by Crippen LogP contribution is 2.17. The van der Waals surface area contributed by atoms with E-state index < -0.39 is 0 Å². The van der Waals surface area contributed by atoms with Gasteiger partial charge in [-0.2, -0.15) is 0 Å². The second-order valence-electron chi connectivity index (χ2n) is 5.35. The van der Waals surface area contributed by atoms with E-state index >= 15 is 0 Å². The highest BCUT2D eigenvalue weighted by atomic mass is 35.5. The van der Waals surface area contributed by atoms with Gasteiger partial charge in [0.15, 0.2) is 0 Å². The molecule has 0 saturated carbocycles. The van der Waals surface area contributed by atoms with Crippen molar-refractivity contribution in [1.82, 2.24) is 9.88 Å².